The predicted molar refractivity (Wildman–Crippen MR) is 142 cm³/mol. The second-order valence-electron chi connectivity index (χ2n) is 9.71. The Morgan fingerprint density at radius 1 is 1.05 bits per heavy atom. The van der Waals surface area contributed by atoms with Crippen LogP contribution in [-0.4, -0.2) is 87.2 Å². The number of rotatable bonds is 8. The van der Waals surface area contributed by atoms with Gasteiger partial charge < -0.3 is 24.6 Å². The first-order valence-corrected chi connectivity index (χ1v) is 12.6. The Bertz CT molecular complexity index is 1380. The average molecular weight is 501 g/mol. The number of piperazine rings is 1. The van der Waals surface area contributed by atoms with Crippen LogP contribution in [-0.2, 0) is 6.42 Å². The fraction of sp³-hybridized carbons (Fsp3) is 0.357. The zero-order valence-electron chi connectivity index (χ0n) is 21.2. The Labute approximate surface area is 216 Å². The van der Waals surface area contributed by atoms with Crippen molar-refractivity contribution in [3.05, 3.63) is 71.9 Å². The van der Waals surface area contributed by atoms with Gasteiger partial charge in [-0.2, -0.15) is 0 Å². The number of H-pyrrole nitrogens is 1. The molecule has 1 aromatic carbocycles. The molecule has 5 rings (SSSR count). The maximum absolute atomic E-state index is 13.0. The van der Waals surface area contributed by atoms with Gasteiger partial charge in [0.1, 0.15) is 17.3 Å². The lowest BCUT2D eigenvalue weighted by Crippen LogP contribution is -2.47. The number of aliphatic hydroxyl groups is 1. The van der Waals surface area contributed by atoms with Crippen molar-refractivity contribution >= 4 is 16.8 Å². The molecule has 9 nitrogen and oxygen atoms in total. The average Bonchev–Trinajstić information content (AvgIpc) is 3.35. The van der Waals surface area contributed by atoms with Crippen LogP contribution in [0.3, 0.4) is 0 Å². The number of aromatic amines is 1. The highest BCUT2D eigenvalue weighted by atomic mass is 16.5. The molecule has 1 aliphatic heterocycles. The van der Waals surface area contributed by atoms with Crippen LogP contribution in [0.2, 0.25) is 0 Å². The number of hydrogen-bond donors (Lipinski definition) is 2. The van der Waals surface area contributed by atoms with Crippen molar-refractivity contribution in [1.29, 1.82) is 0 Å². The van der Waals surface area contributed by atoms with Gasteiger partial charge in [-0.05, 0) is 42.9 Å². The van der Waals surface area contributed by atoms with Crippen LogP contribution in [0.1, 0.15) is 28.8 Å². The van der Waals surface area contributed by atoms with Gasteiger partial charge in [0.25, 0.3) is 5.91 Å². The van der Waals surface area contributed by atoms with Crippen molar-refractivity contribution in [2.24, 2.45) is 5.92 Å². The number of aromatic nitrogens is 4. The molecule has 3 aromatic heterocycles. The molecule has 1 atom stereocenters. The number of nitrogens with one attached hydrogen (secondary N) is 1. The minimum atomic E-state index is 0.0476. The fourth-order valence-electron chi connectivity index (χ4n) is 4.33. The molecule has 4 heterocycles. The van der Waals surface area contributed by atoms with Crippen molar-refractivity contribution in [3.8, 4) is 17.1 Å². The summed E-state index contributed by atoms with van der Waals surface area (Å²) in [4.78, 5) is 34.0. The Hall–Kier alpha value is -3.82. The van der Waals surface area contributed by atoms with Crippen LogP contribution in [0.25, 0.3) is 22.3 Å². The maximum atomic E-state index is 13.0. The number of benzene rings is 1. The molecule has 1 amide bonds. The summed E-state index contributed by atoms with van der Waals surface area (Å²) >= 11 is 0. The van der Waals surface area contributed by atoms with E-state index in [-0.39, 0.29) is 18.4 Å². The van der Waals surface area contributed by atoms with Crippen molar-refractivity contribution in [2.45, 2.75) is 13.3 Å². The van der Waals surface area contributed by atoms with Crippen LogP contribution < -0.4 is 4.74 Å². The molecule has 0 spiro atoms. The first-order chi connectivity index (χ1) is 18.0. The summed E-state index contributed by atoms with van der Waals surface area (Å²) in [5.41, 5.74) is 4.04. The van der Waals surface area contributed by atoms with Gasteiger partial charge in [-0.3, -0.25) is 9.78 Å². The van der Waals surface area contributed by atoms with E-state index in [1.54, 1.807) is 18.5 Å². The van der Waals surface area contributed by atoms with Gasteiger partial charge in [0, 0.05) is 74.5 Å². The predicted octanol–water partition coefficient (Wildman–Crippen LogP) is 3.01. The summed E-state index contributed by atoms with van der Waals surface area (Å²) < 4.78 is 5.77. The Morgan fingerprint density at radius 2 is 1.86 bits per heavy atom. The summed E-state index contributed by atoms with van der Waals surface area (Å²) in [7, 11) is 2.08. The molecule has 0 bridgehead atoms. The summed E-state index contributed by atoms with van der Waals surface area (Å²) in [6.45, 7) is 5.71. The molecule has 1 aliphatic rings. The van der Waals surface area contributed by atoms with Gasteiger partial charge in [-0.25, -0.2) is 9.97 Å². The van der Waals surface area contributed by atoms with E-state index in [1.165, 1.54) is 0 Å². The maximum Gasteiger partial charge on any atom is 0.270 e. The molecular formula is C28H32N6O3. The fourth-order valence-corrected chi connectivity index (χ4v) is 4.33. The molecule has 2 N–H and O–H groups in total. The second kappa shape index (κ2) is 11.1. The van der Waals surface area contributed by atoms with Crippen LogP contribution in [0.4, 0.5) is 0 Å². The molecular weight excluding hydrogens is 468 g/mol. The minimum absolute atomic E-state index is 0.0476. The lowest BCUT2D eigenvalue weighted by molar-refractivity contribution is 0.0659. The number of aliphatic hydroxyl groups excluding tert-OH is 1. The molecule has 0 radical (unpaired) electrons. The molecule has 1 unspecified atom stereocenters. The highest BCUT2D eigenvalue weighted by molar-refractivity contribution is 5.98. The number of ether oxygens (including phenoxy) is 1. The Balaban J connectivity index is 1.30. The van der Waals surface area contributed by atoms with Crippen LogP contribution in [0, 0.1) is 5.92 Å². The van der Waals surface area contributed by atoms with E-state index in [1.807, 2.05) is 42.2 Å². The molecule has 0 aliphatic carbocycles. The van der Waals surface area contributed by atoms with E-state index in [9.17, 15) is 9.90 Å². The van der Waals surface area contributed by atoms with E-state index in [0.717, 1.165) is 42.6 Å². The van der Waals surface area contributed by atoms with E-state index in [0.29, 0.717) is 41.7 Å². The normalized spacial score (nSPS) is 15.2. The minimum Gasteiger partial charge on any atom is -0.493 e. The lowest BCUT2D eigenvalue weighted by Gasteiger charge is -2.32. The summed E-state index contributed by atoms with van der Waals surface area (Å²) in [6.07, 6.45) is 3.99. The number of hydrogen-bond acceptors (Lipinski definition) is 7. The molecule has 1 saturated heterocycles. The number of carbonyl (C=O) groups excluding carboxylic acids is 1. The molecule has 37 heavy (non-hydrogen) atoms. The van der Waals surface area contributed by atoms with E-state index in [2.05, 4.69) is 33.0 Å². The molecule has 4 aromatic rings. The van der Waals surface area contributed by atoms with Crippen LogP contribution in [0.15, 0.2) is 54.9 Å². The van der Waals surface area contributed by atoms with E-state index >= 15 is 0 Å². The number of nitrogens with zero attached hydrogens (tertiary/aromatic N) is 5. The van der Waals surface area contributed by atoms with Crippen LogP contribution in [0.5, 0.6) is 5.75 Å². The van der Waals surface area contributed by atoms with Gasteiger partial charge in [-0.1, -0.05) is 13.0 Å². The van der Waals surface area contributed by atoms with Crippen molar-refractivity contribution < 1.29 is 14.6 Å². The number of amides is 1. The van der Waals surface area contributed by atoms with Gasteiger partial charge >= 0.3 is 0 Å². The number of carbonyl (C=O) groups is 1. The quantitative estimate of drug-likeness (QED) is 0.383. The van der Waals surface area contributed by atoms with Gasteiger partial charge in [0.2, 0.25) is 0 Å². The Morgan fingerprint density at radius 3 is 2.68 bits per heavy atom. The lowest BCUT2D eigenvalue weighted by atomic mass is 10.1. The summed E-state index contributed by atoms with van der Waals surface area (Å²) in [6, 6.07) is 13.5. The first-order valence-electron chi connectivity index (χ1n) is 12.6. The van der Waals surface area contributed by atoms with Crippen molar-refractivity contribution in [3.63, 3.8) is 0 Å². The number of pyridine rings is 1. The third-order valence-corrected chi connectivity index (χ3v) is 6.61. The molecule has 192 valence electrons. The van der Waals surface area contributed by atoms with Gasteiger partial charge in [0.15, 0.2) is 0 Å². The molecule has 1 fully saturated rings. The van der Waals surface area contributed by atoms with E-state index in [4.69, 9.17) is 9.72 Å². The smallest absolute Gasteiger partial charge is 0.270 e. The van der Waals surface area contributed by atoms with Gasteiger partial charge in [0.05, 0.1) is 18.0 Å². The van der Waals surface area contributed by atoms with Crippen LogP contribution >= 0.6 is 0 Å². The number of likely N-dealkylation sites (N-methyl/N-ethyl adjacent to an activating group) is 1. The van der Waals surface area contributed by atoms with Crippen molar-refractivity contribution in [2.75, 3.05) is 46.4 Å². The standard InChI is InChI=1S/C28H32N6O3/c1-19(17-35)18-37-22-5-7-29-25(16-22)24-6-8-30-27(32-24)14-20-3-4-23-21(13-20)15-26(31-23)28(36)34-11-9-33(2)10-12-34/h3-8,13,15-16,19,31,35H,9-12,14,17-18H2,1-2H3. The van der Waals surface area contributed by atoms with Gasteiger partial charge in [-0.15, -0.1) is 0 Å². The zero-order chi connectivity index (χ0) is 25.8. The zero-order valence-corrected chi connectivity index (χ0v) is 21.2. The summed E-state index contributed by atoms with van der Waals surface area (Å²) in [5, 5.41) is 10.2. The third-order valence-electron chi connectivity index (χ3n) is 6.61. The second-order valence-corrected chi connectivity index (χ2v) is 9.71. The van der Waals surface area contributed by atoms with Crippen molar-refractivity contribution in [1.82, 2.24) is 29.7 Å². The molecule has 9 heteroatoms. The Kier molecular flexibility index (Phi) is 7.43. The summed E-state index contributed by atoms with van der Waals surface area (Å²) in [5.74, 6) is 1.47. The number of fused-ring (bicyclic) bond motifs is 1. The topological polar surface area (TPSA) is 107 Å². The van der Waals surface area contributed by atoms with E-state index < -0.39 is 0 Å². The third kappa shape index (κ3) is 5.95. The first kappa shape index (κ1) is 24.9. The highest BCUT2D eigenvalue weighted by Gasteiger charge is 2.21. The molecule has 0 saturated carbocycles. The monoisotopic (exact) mass is 500 g/mol. The SMILES string of the molecule is CC(CO)COc1ccnc(-c2ccnc(Cc3ccc4[nH]c(C(=O)N5CCN(C)CC5)cc4c3)n2)c1. The highest BCUT2D eigenvalue weighted by Crippen LogP contribution is 2.23. The largest absolute Gasteiger partial charge is 0.493 e.